The monoisotopic (exact) mass is 409 g/mol. The van der Waals surface area contributed by atoms with Crippen LogP contribution in [0.2, 0.25) is 0 Å². The van der Waals surface area contributed by atoms with Crippen LogP contribution in [-0.2, 0) is 30.0 Å². The number of hydrogen-bond acceptors (Lipinski definition) is 4. The van der Waals surface area contributed by atoms with Crippen molar-refractivity contribution in [2.24, 2.45) is 7.05 Å². The fraction of sp³-hybridized carbons (Fsp3) is 0.238. The van der Waals surface area contributed by atoms with E-state index in [1.165, 1.54) is 0 Å². The first kappa shape index (κ1) is 19.2. The maximum Gasteiger partial charge on any atom is 0.261 e. The number of fused-ring (bicyclic) bond motifs is 1. The van der Waals surface area contributed by atoms with E-state index in [2.05, 4.69) is 15.9 Å². The first-order valence-electron chi connectivity index (χ1n) is 9.38. The molecule has 0 saturated carbocycles. The number of anilines is 1. The molecule has 0 aliphatic carbocycles. The van der Waals surface area contributed by atoms with Gasteiger partial charge in [-0.25, -0.2) is 13.4 Å². The van der Waals surface area contributed by atoms with E-state index in [1.54, 1.807) is 42.5 Å². The molecule has 0 saturated heterocycles. The molecular weight excluding hydrogens is 386 g/mol. The average molecular weight is 410 g/mol. The minimum atomic E-state index is -3.63. The van der Waals surface area contributed by atoms with Crippen molar-refractivity contribution in [2.75, 3.05) is 4.72 Å². The number of sulfonamides is 1. The van der Waals surface area contributed by atoms with Crippen LogP contribution in [0.15, 0.2) is 59.5 Å². The quantitative estimate of drug-likeness (QED) is 0.529. The lowest BCUT2D eigenvalue weighted by atomic mass is 10.3. The van der Waals surface area contributed by atoms with Crippen molar-refractivity contribution in [3.8, 4) is 0 Å². The molecule has 0 aliphatic rings. The van der Waals surface area contributed by atoms with E-state index in [9.17, 15) is 8.42 Å². The zero-order chi connectivity index (χ0) is 20.6. The highest BCUT2D eigenvalue weighted by atomic mass is 32.2. The Labute approximate surface area is 170 Å². The maximum absolute atomic E-state index is 12.6. The molecule has 0 aliphatic heterocycles. The zero-order valence-corrected chi connectivity index (χ0v) is 17.4. The lowest BCUT2D eigenvalue weighted by molar-refractivity contribution is 0.574. The summed E-state index contributed by atoms with van der Waals surface area (Å²) < 4.78 is 31.8. The Morgan fingerprint density at radius 2 is 1.79 bits per heavy atom. The molecule has 4 aromatic rings. The highest BCUT2D eigenvalue weighted by molar-refractivity contribution is 7.92. The largest absolute Gasteiger partial charge is 0.331 e. The van der Waals surface area contributed by atoms with E-state index < -0.39 is 10.0 Å². The van der Waals surface area contributed by atoms with Gasteiger partial charge in [0.25, 0.3) is 10.0 Å². The molecule has 0 spiro atoms. The van der Waals surface area contributed by atoms with Gasteiger partial charge in [0.15, 0.2) is 0 Å². The Balaban J connectivity index is 1.57. The average Bonchev–Trinajstić information content (AvgIpc) is 3.18. The third-order valence-electron chi connectivity index (χ3n) is 4.93. The molecule has 0 unspecified atom stereocenters. The molecule has 2 heterocycles. The topological polar surface area (TPSA) is 81.8 Å². The van der Waals surface area contributed by atoms with Gasteiger partial charge >= 0.3 is 0 Å². The summed E-state index contributed by atoms with van der Waals surface area (Å²) in [5, 5.41) is 4.50. The second-order valence-electron chi connectivity index (χ2n) is 7.11. The summed E-state index contributed by atoms with van der Waals surface area (Å²) in [6.45, 7) is 4.76. The molecule has 0 bridgehead atoms. The molecule has 2 aromatic carbocycles. The van der Waals surface area contributed by atoms with E-state index in [1.807, 2.05) is 36.2 Å². The van der Waals surface area contributed by atoms with Crippen LogP contribution in [0.5, 0.6) is 0 Å². The summed E-state index contributed by atoms with van der Waals surface area (Å²) in [4.78, 5) is 4.94. The third kappa shape index (κ3) is 3.88. The summed E-state index contributed by atoms with van der Waals surface area (Å²) in [6, 6.07) is 15.8. The standard InChI is InChI=1S/C21H23N5O2S/c1-15-13-16(2)26(23-15)12-11-21-22-19-14-17(9-10-20(19)25(21)3)24-29(27,28)18-7-5-4-6-8-18/h4-10,13-14,24H,11-12H2,1-3H3. The van der Waals surface area contributed by atoms with E-state index in [0.29, 0.717) is 5.69 Å². The summed E-state index contributed by atoms with van der Waals surface area (Å²) in [6.07, 6.45) is 0.734. The minimum absolute atomic E-state index is 0.228. The van der Waals surface area contributed by atoms with Crippen LogP contribution in [0.4, 0.5) is 5.69 Å². The van der Waals surface area contributed by atoms with Gasteiger partial charge in [0.1, 0.15) is 5.82 Å². The summed E-state index contributed by atoms with van der Waals surface area (Å²) >= 11 is 0. The predicted octanol–water partition coefficient (Wildman–Crippen LogP) is 3.43. The van der Waals surface area contributed by atoms with Gasteiger partial charge in [-0.2, -0.15) is 5.10 Å². The molecular formula is C21H23N5O2S. The third-order valence-corrected chi connectivity index (χ3v) is 6.33. The van der Waals surface area contributed by atoms with Crippen molar-refractivity contribution >= 4 is 26.7 Å². The van der Waals surface area contributed by atoms with Crippen LogP contribution >= 0.6 is 0 Å². The summed E-state index contributed by atoms with van der Waals surface area (Å²) in [5.74, 6) is 0.926. The van der Waals surface area contributed by atoms with Gasteiger partial charge in [0, 0.05) is 25.7 Å². The van der Waals surface area contributed by atoms with E-state index >= 15 is 0 Å². The second-order valence-corrected chi connectivity index (χ2v) is 8.79. The number of aryl methyl sites for hydroxylation is 5. The van der Waals surface area contributed by atoms with Crippen LogP contribution in [-0.4, -0.2) is 27.7 Å². The molecule has 0 fully saturated rings. The fourth-order valence-electron chi connectivity index (χ4n) is 3.46. The van der Waals surface area contributed by atoms with Gasteiger partial charge in [-0.05, 0) is 50.2 Å². The number of imidazole rings is 1. The minimum Gasteiger partial charge on any atom is -0.331 e. The Bertz CT molecular complexity index is 1270. The highest BCUT2D eigenvalue weighted by Crippen LogP contribution is 2.22. The van der Waals surface area contributed by atoms with Gasteiger partial charge in [-0.3, -0.25) is 9.40 Å². The van der Waals surface area contributed by atoms with Gasteiger partial charge in [0.05, 0.1) is 27.3 Å². The summed E-state index contributed by atoms with van der Waals surface area (Å²) in [7, 11) is -1.66. The first-order chi connectivity index (χ1) is 13.8. The Morgan fingerprint density at radius 3 is 2.48 bits per heavy atom. The predicted molar refractivity (Wildman–Crippen MR) is 113 cm³/mol. The second kappa shape index (κ2) is 7.36. The number of aromatic nitrogens is 4. The van der Waals surface area contributed by atoms with Crippen LogP contribution in [0.1, 0.15) is 17.2 Å². The van der Waals surface area contributed by atoms with Gasteiger partial charge in [-0.1, -0.05) is 18.2 Å². The normalized spacial score (nSPS) is 11.8. The van der Waals surface area contributed by atoms with Gasteiger partial charge < -0.3 is 4.57 Å². The molecule has 0 atom stereocenters. The number of nitrogens with one attached hydrogen (secondary N) is 1. The van der Waals surface area contributed by atoms with Crippen LogP contribution in [0, 0.1) is 13.8 Å². The van der Waals surface area contributed by atoms with Gasteiger partial charge in [0.2, 0.25) is 0 Å². The molecule has 7 nitrogen and oxygen atoms in total. The number of nitrogens with zero attached hydrogens (tertiary/aromatic N) is 4. The first-order valence-corrected chi connectivity index (χ1v) is 10.9. The van der Waals surface area contributed by atoms with Crippen LogP contribution in [0.3, 0.4) is 0 Å². The van der Waals surface area contributed by atoms with E-state index in [-0.39, 0.29) is 4.90 Å². The number of benzene rings is 2. The Hall–Kier alpha value is -3.13. The molecule has 2 aromatic heterocycles. The zero-order valence-electron chi connectivity index (χ0n) is 16.6. The SMILES string of the molecule is Cc1cc(C)n(CCc2nc3cc(NS(=O)(=O)c4ccccc4)ccc3n2C)n1. The number of hydrogen-bond donors (Lipinski definition) is 1. The van der Waals surface area contributed by atoms with Crippen molar-refractivity contribution in [1.82, 2.24) is 19.3 Å². The van der Waals surface area contributed by atoms with Gasteiger partial charge in [-0.15, -0.1) is 0 Å². The van der Waals surface area contributed by atoms with E-state index in [0.717, 1.165) is 41.2 Å². The lowest BCUT2D eigenvalue weighted by Crippen LogP contribution is -2.12. The summed E-state index contributed by atoms with van der Waals surface area (Å²) in [5.41, 5.74) is 4.33. The number of rotatable bonds is 6. The molecule has 29 heavy (non-hydrogen) atoms. The van der Waals surface area contributed by atoms with Crippen molar-refractivity contribution in [3.05, 3.63) is 71.8 Å². The van der Waals surface area contributed by atoms with Crippen molar-refractivity contribution in [1.29, 1.82) is 0 Å². The molecule has 0 radical (unpaired) electrons. The molecule has 150 valence electrons. The Kier molecular flexibility index (Phi) is 4.87. The van der Waals surface area contributed by atoms with E-state index in [4.69, 9.17) is 4.98 Å². The highest BCUT2D eigenvalue weighted by Gasteiger charge is 2.15. The fourth-order valence-corrected chi connectivity index (χ4v) is 4.53. The smallest absolute Gasteiger partial charge is 0.261 e. The lowest BCUT2D eigenvalue weighted by Gasteiger charge is -2.08. The maximum atomic E-state index is 12.6. The molecule has 0 amide bonds. The molecule has 4 rings (SSSR count). The van der Waals surface area contributed by atoms with Crippen molar-refractivity contribution in [2.45, 2.75) is 31.7 Å². The molecule has 1 N–H and O–H groups in total. The molecule has 8 heteroatoms. The van der Waals surface area contributed by atoms with Crippen LogP contribution in [0.25, 0.3) is 11.0 Å². The Morgan fingerprint density at radius 1 is 1.03 bits per heavy atom. The van der Waals surface area contributed by atoms with Crippen molar-refractivity contribution in [3.63, 3.8) is 0 Å². The van der Waals surface area contributed by atoms with Crippen molar-refractivity contribution < 1.29 is 8.42 Å². The van der Waals surface area contributed by atoms with Crippen LogP contribution < -0.4 is 4.72 Å².